The van der Waals surface area contributed by atoms with Gasteiger partial charge in [-0.15, -0.1) is 0 Å². The maximum atomic E-state index is 12.2. The quantitative estimate of drug-likeness (QED) is 0.788. The molecule has 1 amide bonds. The predicted octanol–water partition coefficient (Wildman–Crippen LogP) is 2.16. The van der Waals surface area contributed by atoms with Crippen molar-refractivity contribution in [3.05, 3.63) is 53.2 Å². The Morgan fingerprint density at radius 3 is 2.58 bits per heavy atom. The van der Waals surface area contributed by atoms with Crippen molar-refractivity contribution in [2.75, 3.05) is 14.2 Å². The first-order chi connectivity index (χ1) is 11.5. The molecule has 126 valence electrons. The van der Waals surface area contributed by atoms with Crippen LogP contribution in [0.3, 0.4) is 0 Å². The standard InChI is InChI=1S/C18H20N2O4/c1-12(21)14-4-5-16(23-2)15(9-14)10-17(22)20-11-13-6-7-19-18(8-13)24-3/h4-9H,10-11H2,1-3H3,(H,20,22). The summed E-state index contributed by atoms with van der Waals surface area (Å²) in [6.45, 7) is 1.86. The van der Waals surface area contributed by atoms with Crippen LogP contribution < -0.4 is 14.8 Å². The van der Waals surface area contributed by atoms with Gasteiger partial charge in [-0.05, 0) is 36.8 Å². The molecule has 0 bridgehead atoms. The lowest BCUT2D eigenvalue weighted by Gasteiger charge is -2.11. The lowest BCUT2D eigenvalue weighted by Crippen LogP contribution is -2.24. The highest BCUT2D eigenvalue weighted by Gasteiger charge is 2.11. The van der Waals surface area contributed by atoms with Gasteiger partial charge in [-0.3, -0.25) is 9.59 Å². The third kappa shape index (κ3) is 4.55. The number of amides is 1. The van der Waals surface area contributed by atoms with Crippen LogP contribution in [0.4, 0.5) is 0 Å². The molecule has 0 unspecified atom stereocenters. The summed E-state index contributed by atoms with van der Waals surface area (Å²) in [6, 6.07) is 8.64. The van der Waals surface area contributed by atoms with E-state index in [1.807, 2.05) is 0 Å². The van der Waals surface area contributed by atoms with Crippen molar-refractivity contribution in [3.63, 3.8) is 0 Å². The monoisotopic (exact) mass is 328 g/mol. The lowest BCUT2D eigenvalue weighted by molar-refractivity contribution is -0.120. The van der Waals surface area contributed by atoms with Gasteiger partial charge in [0.15, 0.2) is 5.78 Å². The fourth-order valence-electron chi connectivity index (χ4n) is 2.24. The molecule has 0 aliphatic heterocycles. The fraction of sp³-hybridized carbons (Fsp3) is 0.278. The highest BCUT2D eigenvalue weighted by Crippen LogP contribution is 2.21. The summed E-state index contributed by atoms with van der Waals surface area (Å²) in [4.78, 5) is 27.7. The van der Waals surface area contributed by atoms with E-state index in [0.717, 1.165) is 5.56 Å². The van der Waals surface area contributed by atoms with Crippen LogP contribution in [0.25, 0.3) is 0 Å². The number of hydrogen-bond donors (Lipinski definition) is 1. The average molecular weight is 328 g/mol. The van der Waals surface area contributed by atoms with Crippen LogP contribution in [0.1, 0.15) is 28.4 Å². The molecule has 6 heteroatoms. The van der Waals surface area contributed by atoms with E-state index >= 15 is 0 Å². The normalized spacial score (nSPS) is 10.1. The molecular weight excluding hydrogens is 308 g/mol. The van der Waals surface area contributed by atoms with E-state index < -0.39 is 0 Å². The summed E-state index contributed by atoms with van der Waals surface area (Å²) in [6.07, 6.45) is 1.76. The average Bonchev–Trinajstić information content (AvgIpc) is 2.60. The highest BCUT2D eigenvalue weighted by atomic mass is 16.5. The number of carbonyl (C=O) groups is 2. The molecule has 0 fully saturated rings. The minimum absolute atomic E-state index is 0.0526. The van der Waals surface area contributed by atoms with Crippen LogP contribution >= 0.6 is 0 Å². The zero-order valence-electron chi connectivity index (χ0n) is 14.0. The van der Waals surface area contributed by atoms with Crippen molar-refractivity contribution in [2.45, 2.75) is 19.9 Å². The molecule has 0 aliphatic rings. The minimum atomic E-state index is -0.162. The van der Waals surface area contributed by atoms with Crippen LogP contribution in [0, 0.1) is 0 Å². The van der Waals surface area contributed by atoms with Crippen molar-refractivity contribution in [1.82, 2.24) is 10.3 Å². The molecule has 24 heavy (non-hydrogen) atoms. The third-order valence-electron chi connectivity index (χ3n) is 3.54. The number of nitrogens with one attached hydrogen (secondary N) is 1. The van der Waals surface area contributed by atoms with Gasteiger partial charge >= 0.3 is 0 Å². The molecule has 2 aromatic rings. The minimum Gasteiger partial charge on any atom is -0.496 e. The van der Waals surface area contributed by atoms with Crippen LogP contribution in [-0.4, -0.2) is 30.9 Å². The van der Waals surface area contributed by atoms with E-state index in [-0.39, 0.29) is 18.1 Å². The topological polar surface area (TPSA) is 77.5 Å². The lowest BCUT2D eigenvalue weighted by atomic mass is 10.0. The molecule has 0 atom stereocenters. The number of ketones is 1. The molecule has 0 spiro atoms. The Bertz CT molecular complexity index is 744. The smallest absolute Gasteiger partial charge is 0.224 e. The Morgan fingerprint density at radius 2 is 1.92 bits per heavy atom. The van der Waals surface area contributed by atoms with E-state index in [0.29, 0.717) is 29.3 Å². The summed E-state index contributed by atoms with van der Waals surface area (Å²) < 4.78 is 10.3. The second kappa shape index (κ2) is 8.10. The van der Waals surface area contributed by atoms with E-state index in [9.17, 15) is 9.59 Å². The van der Waals surface area contributed by atoms with E-state index in [2.05, 4.69) is 10.3 Å². The zero-order chi connectivity index (χ0) is 17.5. The molecule has 0 saturated carbocycles. The summed E-state index contributed by atoms with van der Waals surface area (Å²) in [5.74, 6) is 0.867. The number of nitrogens with zero attached hydrogens (tertiary/aromatic N) is 1. The number of carbonyl (C=O) groups excluding carboxylic acids is 2. The number of rotatable bonds is 7. The third-order valence-corrected chi connectivity index (χ3v) is 3.54. The van der Waals surface area contributed by atoms with Gasteiger partial charge < -0.3 is 14.8 Å². The van der Waals surface area contributed by atoms with Gasteiger partial charge in [-0.2, -0.15) is 0 Å². The summed E-state index contributed by atoms with van der Waals surface area (Å²) in [7, 11) is 3.08. The number of aromatic nitrogens is 1. The highest BCUT2D eigenvalue weighted by molar-refractivity contribution is 5.94. The largest absolute Gasteiger partial charge is 0.496 e. The molecule has 1 aromatic carbocycles. The van der Waals surface area contributed by atoms with E-state index in [1.165, 1.54) is 14.0 Å². The van der Waals surface area contributed by atoms with E-state index in [4.69, 9.17) is 9.47 Å². The number of hydrogen-bond acceptors (Lipinski definition) is 5. The first-order valence-corrected chi connectivity index (χ1v) is 7.47. The number of benzene rings is 1. The molecule has 0 saturated heterocycles. The van der Waals surface area contributed by atoms with Gasteiger partial charge in [0, 0.05) is 29.9 Å². The maximum absolute atomic E-state index is 12.2. The van der Waals surface area contributed by atoms with Crippen molar-refractivity contribution in [2.24, 2.45) is 0 Å². The summed E-state index contributed by atoms with van der Waals surface area (Å²) >= 11 is 0. The molecule has 1 heterocycles. The van der Waals surface area contributed by atoms with Gasteiger partial charge in [0.2, 0.25) is 11.8 Å². The Kier molecular flexibility index (Phi) is 5.89. The van der Waals surface area contributed by atoms with Gasteiger partial charge in [-0.1, -0.05) is 0 Å². The molecule has 6 nitrogen and oxygen atoms in total. The number of Topliss-reactive ketones (excluding diaryl/α,β-unsaturated/α-hetero) is 1. The van der Waals surface area contributed by atoms with Gasteiger partial charge in [-0.25, -0.2) is 4.98 Å². The molecule has 0 radical (unpaired) electrons. The molecule has 1 N–H and O–H groups in total. The molecule has 0 aliphatic carbocycles. The van der Waals surface area contributed by atoms with Crippen LogP contribution in [0.15, 0.2) is 36.5 Å². The van der Waals surface area contributed by atoms with Crippen molar-refractivity contribution < 1.29 is 19.1 Å². The van der Waals surface area contributed by atoms with Gasteiger partial charge in [0.05, 0.1) is 20.6 Å². The number of ether oxygens (including phenoxy) is 2. The second-order valence-corrected chi connectivity index (χ2v) is 5.24. The zero-order valence-corrected chi connectivity index (χ0v) is 14.0. The number of pyridine rings is 1. The first kappa shape index (κ1) is 17.5. The van der Waals surface area contributed by atoms with Crippen LogP contribution in [0.5, 0.6) is 11.6 Å². The van der Waals surface area contributed by atoms with Crippen LogP contribution in [-0.2, 0) is 17.8 Å². The molecule has 2 rings (SSSR count). The Hall–Kier alpha value is -2.89. The van der Waals surface area contributed by atoms with Crippen molar-refractivity contribution in [3.8, 4) is 11.6 Å². The van der Waals surface area contributed by atoms with E-state index in [1.54, 1.807) is 43.6 Å². The van der Waals surface area contributed by atoms with Gasteiger partial charge in [0.25, 0.3) is 0 Å². The summed E-state index contributed by atoms with van der Waals surface area (Å²) in [5, 5.41) is 2.84. The maximum Gasteiger partial charge on any atom is 0.224 e. The fourth-order valence-corrected chi connectivity index (χ4v) is 2.24. The van der Waals surface area contributed by atoms with Crippen molar-refractivity contribution >= 4 is 11.7 Å². The second-order valence-electron chi connectivity index (χ2n) is 5.24. The summed E-state index contributed by atoms with van der Waals surface area (Å²) in [5.41, 5.74) is 2.12. The molecule has 1 aromatic heterocycles. The predicted molar refractivity (Wildman–Crippen MR) is 89.3 cm³/mol. The van der Waals surface area contributed by atoms with Crippen LogP contribution in [0.2, 0.25) is 0 Å². The Balaban J connectivity index is 2.03. The van der Waals surface area contributed by atoms with Gasteiger partial charge in [0.1, 0.15) is 5.75 Å². The SMILES string of the molecule is COc1cc(CNC(=O)Cc2cc(C(C)=O)ccc2OC)ccn1. The molecular formula is C18H20N2O4. The number of methoxy groups -OCH3 is 2. The van der Waals surface area contributed by atoms with Crippen molar-refractivity contribution in [1.29, 1.82) is 0 Å². The first-order valence-electron chi connectivity index (χ1n) is 7.47. The Labute approximate surface area is 140 Å². The Morgan fingerprint density at radius 1 is 1.12 bits per heavy atom.